The van der Waals surface area contributed by atoms with Gasteiger partial charge in [-0.15, -0.1) is 0 Å². The van der Waals surface area contributed by atoms with Crippen LogP contribution in [-0.2, 0) is 6.42 Å². The van der Waals surface area contributed by atoms with Crippen molar-refractivity contribution >= 4 is 11.7 Å². The zero-order chi connectivity index (χ0) is 13.4. The van der Waals surface area contributed by atoms with Crippen LogP contribution in [0.1, 0.15) is 22.5 Å². The quantitative estimate of drug-likeness (QED) is 0.896. The molecule has 0 amide bonds. The molecule has 0 radical (unpaired) electrons. The van der Waals surface area contributed by atoms with E-state index in [1.807, 2.05) is 6.07 Å². The lowest BCUT2D eigenvalue weighted by Gasteiger charge is -2.27. The van der Waals surface area contributed by atoms with Crippen LogP contribution in [0.2, 0.25) is 0 Å². The van der Waals surface area contributed by atoms with E-state index < -0.39 is 5.97 Å². The number of carboxylic acids is 1. The lowest BCUT2D eigenvalue weighted by Crippen LogP contribution is -2.24. The molecule has 0 bridgehead atoms. The Hall–Kier alpha value is -2.30. The molecule has 0 unspecified atom stereocenters. The smallest absolute Gasteiger partial charge is 0.374 e. The molecule has 5 heteroatoms. The lowest BCUT2D eigenvalue weighted by molar-refractivity contribution is 0.0652. The molecule has 5 nitrogen and oxygen atoms in total. The third-order valence-corrected chi connectivity index (χ3v) is 3.45. The maximum atomic E-state index is 10.8. The fourth-order valence-electron chi connectivity index (χ4n) is 2.46. The third kappa shape index (κ3) is 2.07. The second-order valence-corrected chi connectivity index (χ2v) is 4.75. The van der Waals surface area contributed by atoms with Crippen molar-refractivity contribution in [3.63, 3.8) is 0 Å². The highest BCUT2D eigenvalue weighted by Gasteiger charge is 2.16. The maximum absolute atomic E-state index is 10.8. The first-order valence-electron chi connectivity index (χ1n) is 6.19. The van der Waals surface area contributed by atoms with Gasteiger partial charge in [0.05, 0.1) is 0 Å². The van der Waals surface area contributed by atoms with Gasteiger partial charge in [0.2, 0.25) is 5.76 Å². The van der Waals surface area contributed by atoms with Crippen molar-refractivity contribution in [2.45, 2.75) is 12.8 Å². The number of rotatable bonds is 2. The zero-order valence-electron chi connectivity index (χ0n) is 10.6. The fourth-order valence-corrected chi connectivity index (χ4v) is 2.46. The minimum Gasteiger partial charge on any atom is -0.475 e. The van der Waals surface area contributed by atoms with Crippen molar-refractivity contribution in [3.8, 4) is 11.3 Å². The molecule has 1 aliphatic heterocycles. The molecular weight excluding hydrogens is 244 g/mol. The highest BCUT2D eigenvalue weighted by atomic mass is 16.5. The van der Waals surface area contributed by atoms with Crippen LogP contribution in [0.5, 0.6) is 0 Å². The van der Waals surface area contributed by atoms with E-state index >= 15 is 0 Å². The second kappa shape index (κ2) is 4.42. The van der Waals surface area contributed by atoms with E-state index in [0.29, 0.717) is 5.69 Å². The Labute approximate surface area is 110 Å². The van der Waals surface area contributed by atoms with Crippen LogP contribution in [0.15, 0.2) is 28.8 Å². The number of carbonyl (C=O) groups is 1. The number of anilines is 1. The topological polar surface area (TPSA) is 66.6 Å². The van der Waals surface area contributed by atoms with Gasteiger partial charge in [-0.25, -0.2) is 4.79 Å². The molecular formula is C14H14N2O3. The van der Waals surface area contributed by atoms with E-state index in [1.165, 1.54) is 17.3 Å². The highest BCUT2D eigenvalue weighted by molar-refractivity contribution is 5.85. The summed E-state index contributed by atoms with van der Waals surface area (Å²) < 4.78 is 4.79. The molecule has 0 saturated heterocycles. The van der Waals surface area contributed by atoms with Crippen LogP contribution in [0, 0.1) is 0 Å². The minimum absolute atomic E-state index is 0.134. The molecule has 19 heavy (non-hydrogen) atoms. The van der Waals surface area contributed by atoms with Crippen LogP contribution >= 0.6 is 0 Å². The molecule has 1 aromatic carbocycles. The van der Waals surface area contributed by atoms with Crippen LogP contribution in [0.25, 0.3) is 11.3 Å². The molecule has 0 spiro atoms. The van der Waals surface area contributed by atoms with Crippen molar-refractivity contribution in [1.29, 1.82) is 0 Å². The van der Waals surface area contributed by atoms with Gasteiger partial charge in [-0.05, 0) is 30.5 Å². The van der Waals surface area contributed by atoms with E-state index in [1.54, 1.807) is 0 Å². The maximum Gasteiger partial charge on any atom is 0.374 e. The number of aromatic carboxylic acids is 1. The van der Waals surface area contributed by atoms with Crippen molar-refractivity contribution in [2.24, 2.45) is 0 Å². The van der Waals surface area contributed by atoms with Crippen LogP contribution < -0.4 is 4.90 Å². The highest BCUT2D eigenvalue weighted by Crippen LogP contribution is 2.30. The molecule has 0 atom stereocenters. The largest absolute Gasteiger partial charge is 0.475 e. The number of aromatic nitrogens is 1. The summed E-state index contributed by atoms with van der Waals surface area (Å²) in [7, 11) is 2.08. The van der Waals surface area contributed by atoms with Gasteiger partial charge in [-0.2, -0.15) is 0 Å². The van der Waals surface area contributed by atoms with E-state index in [0.717, 1.165) is 24.9 Å². The van der Waals surface area contributed by atoms with Gasteiger partial charge in [0.15, 0.2) is 0 Å². The molecule has 0 saturated carbocycles. The van der Waals surface area contributed by atoms with Crippen molar-refractivity contribution in [2.75, 3.05) is 18.5 Å². The van der Waals surface area contributed by atoms with Gasteiger partial charge in [-0.1, -0.05) is 11.2 Å². The van der Waals surface area contributed by atoms with E-state index in [9.17, 15) is 4.79 Å². The standard InChI is InChI=1S/C14H14N2O3/c1-16-6-2-3-10-7-9(4-5-12(10)16)11-8-13(14(17)18)19-15-11/h4-5,7-8H,2-3,6H2,1H3,(H,17,18). The summed E-state index contributed by atoms with van der Waals surface area (Å²) >= 11 is 0. The number of hydrogen-bond donors (Lipinski definition) is 1. The van der Waals surface area contributed by atoms with Gasteiger partial charge >= 0.3 is 5.97 Å². The molecule has 1 aliphatic rings. The molecule has 2 aromatic rings. The van der Waals surface area contributed by atoms with Crippen LogP contribution in [0.4, 0.5) is 5.69 Å². The molecule has 2 heterocycles. The monoisotopic (exact) mass is 258 g/mol. The number of benzene rings is 1. The third-order valence-electron chi connectivity index (χ3n) is 3.45. The average Bonchev–Trinajstić information content (AvgIpc) is 2.88. The summed E-state index contributed by atoms with van der Waals surface area (Å²) in [5.74, 6) is -1.23. The fraction of sp³-hybridized carbons (Fsp3) is 0.286. The number of hydrogen-bond acceptors (Lipinski definition) is 4. The van der Waals surface area contributed by atoms with Gasteiger partial charge in [-0.3, -0.25) is 0 Å². The molecule has 1 aromatic heterocycles. The Bertz CT molecular complexity index is 633. The average molecular weight is 258 g/mol. The molecule has 3 rings (SSSR count). The SMILES string of the molecule is CN1CCCc2cc(-c3cc(C(=O)O)on3)ccc21. The zero-order valence-corrected chi connectivity index (χ0v) is 10.6. The minimum atomic E-state index is -1.10. The normalized spacial score (nSPS) is 14.3. The van der Waals surface area contributed by atoms with E-state index in [4.69, 9.17) is 9.63 Å². The summed E-state index contributed by atoms with van der Waals surface area (Å²) in [6, 6.07) is 7.52. The first-order chi connectivity index (χ1) is 9.15. The Kier molecular flexibility index (Phi) is 2.74. The van der Waals surface area contributed by atoms with Crippen LogP contribution in [-0.4, -0.2) is 29.8 Å². The molecule has 98 valence electrons. The van der Waals surface area contributed by atoms with Crippen molar-refractivity contribution < 1.29 is 14.4 Å². The number of aryl methyl sites for hydroxylation is 1. The Morgan fingerprint density at radius 2 is 2.26 bits per heavy atom. The van der Waals surface area contributed by atoms with Crippen LogP contribution in [0.3, 0.4) is 0 Å². The van der Waals surface area contributed by atoms with Crippen molar-refractivity contribution in [1.82, 2.24) is 5.16 Å². The van der Waals surface area contributed by atoms with Gasteiger partial charge < -0.3 is 14.5 Å². The summed E-state index contributed by atoms with van der Waals surface area (Å²) in [5.41, 5.74) is 3.96. The van der Waals surface area contributed by atoms with Crippen molar-refractivity contribution in [3.05, 3.63) is 35.6 Å². The summed E-state index contributed by atoms with van der Waals surface area (Å²) in [4.78, 5) is 13.0. The molecule has 0 fully saturated rings. The predicted octanol–water partition coefficient (Wildman–Crippen LogP) is 2.42. The number of carboxylic acid groups (broad SMARTS) is 1. The summed E-state index contributed by atoms with van der Waals surface area (Å²) in [6.07, 6.45) is 2.17. The summed E-state index contributed by atoms with van der Waals surface area (Å²) in [6.45, 7) is 1.07. The Morgan fingerprint density at radius 1 is 1.42 bits per heavy atom. The first kappa shape index (κ1) is 11.8. The van der Waals surface area contributed by atoms with E-state index in [-0.39, 0.29) is 5.76 Å². The Balaban J connectivity index is 1.99. The van der Waals surface area contributed by atoms with Gasteiger partial charge in [0, 0.05) is 30.9 Å². The molecule has 0 aliphatic carbocycles. The van der Waals surface area contributed by atoms with Gasteiger partial charge in [0.25, 0.3) is 0 Å². The number of nitrogens with zero attached hydrogens (tertiary/aromatic N) is 2. The predicted molar refractivity (Wildman–Crippen MR) is 70.5 cm³/mol. The summed E-state index contributed by atoms with van der Waals surface area (Å²) in [5, 5.41) is 12.6. The van der Waals surface area contributed by atoms with Gasteiger partial charge in [0.1, 0.15) is 5.69 Å². The number of fused-ring (bicyclic) bond motifs is 1. The molecule has 1 N–H and O–H groups in total. The lowest BCUT2D eigenvalue weighted by atomic mass is 9.98. The second-order valence-electron chi connectivity index (χ2n) is 4.75. The van der Waals surface area contributed by atoms with E-state index in [2.05, 4.69) is 29.2 Å². The Morgan fingerprint density at radius 3 is 3.00 bits per heavy atom. The first-order valence-corrected chi connectivity index (χ1v) is 6.19.